The molecule has 7 nitrogen and oxygen atoms in total. The Bertz CT molecular complexity index is 745. The van der Waals surface area contributed by atoms with E-state index in [1.54, 1.807) is 6.92 Å². The lowest BCUT2D eigenvalue weighted by Crippen LogP contribution is -2.36. The fourth-order valence-corrected chi connectivity index (χ4v) is 2.65. The van der Waals surface area contributed by atoms with Gasteiger partial charge in [-0.2, -0.15) is 10.1 Å². The lowest BCUT2D eigenvalue weighted by molar-refractivity contribution is -0.125. The number of nitrogens with one attached hydrogen (secondary N) is 2. The van der Waals surface area contributed by atoms with Crippen molar-refractivity contribution in [2.45, 2.75) is 33.2 Å². The van der Waals surface area contributed by atoms with E-state index < -0.39 is 6.04 Å². The van der Waals surface area contributed by atoms with Crippen LogP contribution in [0.2, 0.25) is 0 Å². The van der Waals surface area contributed by atoms with Crippen molar-refractivity contribution in [2.24, 2.45) is 0 Å². The van der Waals surface area contributed by atoms with Crippen molar-refractivity contribution in [1.29, 1.82) is 0 Å². The number of anilines is 2. The minimum Gasteiger partial charge on any atom is -0.324 e. The molecule has 0 saturated heterocycles. The quantitative estimate of drug-likeness (QED) is 0.883. The highest BCUT2D eigenvalue weighted by atomic mass is 16.2. The molecule has 1 aliphatic heterocycles. The van der Waals surface area contributed by atoms with E-state index in [4.69, 9.17) is 0 Å². The molecule has 1 aliphatic rings. The zero-order valence-electron chi connectivity index (χ0n) is 12.7. The van der Waals surface area contributed by atoms with Gasteiger partial charge >= 0.3 is 0 Å². The summed E-state index contributed by atoms with van der Waals surface area (Å²) in [7, 11) is 0. The molecule has 7 heteroatoms. The van der Waals surface area contributed by atoms with Crippen LogP contribution in [-0.2, 0) is 9.59 Å². The summed E-state index contributed by atoms with van der Waals surface area (Å²) < 4.78 is 1.47. The van der Waals surface area contributed by atoms with Crippen LogP contribution >= 0.6 is 0 Å². The standard InChI is InChI=1S/C15H17N5O2/c1-8-4-9(2)6-11(5-8)17-14(22)12-7-13(21)18-15-16-10(3)19-20(12)15/h4-6,12H,7H2,1-3H3,(H,17,22)(H,16,18,19,21)/t12-/m1/s1. The molecule has 2 aromatic rings. The number of carbonyl (C=O) groups is 2. The van der Waals surface area contributed by atoms with Crippen molar-refractivity contribution in [1.82, 2.24) is 14.8 Å². The molecule has 0 aliphatic carbocycles. The van der Waals surface area contributed by atoms with Crippen LogP contribution in [0.4, 0.5) is 11.6 Å². The molecule has 0 saturated carbocycles. The van der Waals surface area contributed by atoms with Crippen LogP contribution in [0.1, 0.15) is 29.4 Å². The lowest BCUT2D eigenvalue weighted by atomic mass is 10.1. The number of aryl methyl sites for hydroxylation is 3. The Morgan fingerprint density at radius 1 is 1.27 bits per heavy atom. The van der Waals surface area contributed by atoms with Gasteiger partial charge in [0.2, 0.25) is 17.8 Å². The zero-order chi connectivity index (χ0) is 15.9. The monoisotopic (exact) mass is 299 g/mol. The number of aromatic nitrogens is 3. The lowest BCUT2D eigenvalue weighted by Gasteiger charge is -2.22. The van der Waals surface area contributed by atoms with Gasteiger partial charge in [-0.25, -0.2) is 4.68 Å². The maximum atomic E-state index is 12.5. The summed E-state index contributed by atoms with van der Waals surface area (Å²) in [6.07, 6.45) is 0.0480. The molecule has 0 radical (unpaired) electrons. The average Bonchev–Trinajstić information content (AvgIpc) is 2.76. The SMILES string of the molecule is Cc1cc(C)cc(NC(=O)[C@H]2CC(=O)Nc3nc(C)nn32)c1. The first-order chi connectivity index (χ1) is 10.4. The van der Waals surface area contributed by atoms with Crippen LogP contribution in [0.25, 0.3) is 0 Å². The van der Waals surface area contributed by atoms with Gasteiger partial charge in [0, 0.05) is 5.69 Å². The number of amides is 2. The van der Waals surface area contributed by atoms with Crippen LogP contribution in [0.15, 0.2) is 18.2 Å². The smallest absolute Gasteiger partial charge is 0.249 e. The van der Waals surface area contributed by atoms with E-state index in [0.717, 1.165) is 11.1 Å². The molecule has 3 rings (SSSR count). The Morgan fingerprint density at radius 3 is 2.64 bits per heavy atom. The van der Waals surface area contributed by atoms with Gasteiger partial charge in [-0.15, -0.1) is 0 Å². The van der Waals surface area contributed by atoms with E-state index in [0.29, 0.717) is 17.5 Å². The fourth-order valence-electron chi connectivity index (χ4n) is 2.65. The largest absolute Gasteiger partial charge is 0.324 e. The number of hydrogen-bond donors (Lipinski definition) is 2. The molecule has 1 aromatic heterocycles. The van der Waals surface area contributed by atoms with Crippen molar-refractivity contribution in [3.05, 3.63) is 35.2 Å². The van der Waals surface area contributed by atoms with Crippen LogP contribution in [0.3, 0.4) is 0 Å². The predicted molar refractivity (Wildman–Crippen MR) is 81.6 cm³/mol. The van der Waals surface area contributed by atoms with Gasteiger partial charge in [-0.1, -0.05) is 6.07 Å². The van der Waals surface area contributed by atoms with Crippen LogP contribution < -0.4 is 10.6 Å². The van der Waals surface area contributed by atoms with Crippen LogP contribution in [0, 0.1) is 20.8 Å². The zero-order valence-corrected chi connectivity index (χ0v) is 12.7. The number of nitrogens with zero attached hydrogens (tertiary/aromatic N) is 3. The van der Waals surface area contributed by atoms with Gasteiger partial charge in [0.15, 0.2) is 0 Å². The maximum absolute atomic E-state index is 12.5. The van der Waals surface area contributed by atoms with Crippen molar-refractivity contribution in [2.75, 3.05) is 10.6 Å². The molecule has 0 unspecified atom stereocenters. The fraction of sp³-hybridized carbons (Fsp3) is 0.333. The maximum Gasteiger partial charge on any atom is 0.249 e. The highest BCUT2D eigenvalue weighted by Gasteiger charge is 2.32. The number of fused-ring (bicyclic) bond motifs is 1. The molecule has 2 N–H and O–H groups in total. The molecule has 22 heavy (non-hydrogen) atoms. The molecule has 0 bridgehead atoms. The van der Waals surface area contributed by atoms with Gasteiger partial charge in [-0.3, -0.25) is 14.9 Å². The molecular formula is C15H17N5O2. The molecule has 0 fully saturated rings. The first-order valence-corrected chi connectivity index (χ1v) is 7.04. The van der Waals surface area contributed by atoms with Crippen molar-refractivity contribution in [3.8, 4) is 0 Å². The molecule has 2 amide bonds. The number of benzene rings is 1. The highest BCUT2D eigenvalue weighted by molar-refractivity contribution is 6.00. The van der Waals surface area contributed by atoms with E-state index in [1.165, 1.54) is 4.68 Å². The minimum absolute atomic E-state index is 0.0480. The van der Waals surface area contributed by atoms with E-state index in [2.05, 4.69) is 20.7 Å². The van der Waals surface area contributed by atoms with E-state index in [1.807, 2.05) is 32.0 Å². The topological polar surface area (TPSA) is 88.9 Å². The Balaban J connectivity index is 1.87. The minimum atomic E-state index is -0.689. The Morgan fingerprint density at radius 2 is 1.95 bits per heavy atom. The molecule has 2 heterocycles. The van der Waals surface area contributed by atoms with Gasteiger partial charge in [0.05, 0.1) is 6.42 Å². The Hall–Kier alpha value is -2.70. The first kappa shape index (κ1) is 14.2. The second kappa shape index (κ2) is 5.25. The summed E-state index contributed by atoms with van der Waals surface area (Å²) in [5.74, 6) is 0.321. The summed E-state index contributed by atoms with van der Waals surface area (Å²) in [5, 5.41) is 9.67. The molecule has 114 valence electrons. The van der Waals surface area contributed by atoms with E-state index in [-0.39, 0.29) is 18.2 Å². The number of rotatable bonds is 2. The second-order valence-electron chi connectivity index (χ2n) is 5.56. The Labute approximate surface area is 127 Å². The predicted octanol–water partition coefficient (Wildman–Crippen LogP) is 1.73. The summed E-state index contributed by atoms with van der Waals surface area (Å²) in [4.78, 5) is 28.4. The Kier molecular flexibility index (Phi) is 3.40. The van der Waals surface area contributed by atoms with Gasteiger partial charge < -0.3 is 5.32 Å². The average molecular weight is 299 g/mol. The summed E-state index contributed by atoms with van der Waals surface area (Å²) >= 11 is 0. The van der Waals surface area contributed by atoms with Gasteiger partial charge in [-0.05, 0) is 44.0 Å². The first-order valence-electron chi connectivity index (χ1n) is 7.04. The van der Waals surface area contributed by atoms with Gasteiger partial charge in [0.25, 0.3) is 0 Å². The third-order valence-electron chi connectivity index (χ3n) is 3.45. The van der Waals surface area contributed by atoms with Crippen LogP contribution in [-0.4, -0.2) is 26.6 Å². The van der Waals surface area contributed by atoms with Crippen molar-refractivity contribution < 1.29 is 9.59 Å². The molecule has 0 spiro atoms. The highest BCUT2D eigenvalue weighted by Crippen LogP contribution is 2.24. The van der Waals surface area contributed by atoms with E-state index in [9.17, 15) is 9.59 Å². The third-order valence-corrected chi connectivity index (χ3v) is 3.45. The number of hydrogen-bond acceptors (Lipinski definition) is 4. The third kappa shape index (κ3) is 2.69. The number of carbonyl (C=O) groups excluding carboxylic acids is 2. The molecule has 1 atom stereocenters. The second-order valence-corrected chi connectivity index (χ2v) is 5.56. The molecule has 1 aromatic carbocycles. The normalized spacial score (nSPS) is 16.9. The summed E-state index contributed by atoms with van der Waals surface area (Å²) in [5.41, 5.74) is 2.84. The van der Waals surface area contributed by atoms with Gasteiger partial charge in [0.1, 0.15) is 11.9 Å². The van der Waals surface area contributed by atoms with Crippen molar-refractivity contribution in [3.63, 3.8) is 0 Å². The van der Waals surface area contributed by atoms with E-state index >= 15 is 0 Å². The van der Waals surface area contributed by atoms with Crippen molar-refractivity contribution >= 4 is 23.5 Å². The summed E-state index contributed by atoms with van der Waals surface area (Å²) in [6, 6.07) is 5.12. The van der Waals surface area contributed by atoms with Crippen LogP contribution in [0.5, 0.6) is 0 Å². The summed E-state index contributed by atoms with van der Waals surface area (Å²) in [6.45, 7) is 5.65. The molecular weight excluding hydrogens is 282 g/mol.